The van der Waals surface area contributed by atoms with Crippen molar-refractivity contribution in [2.75, 3.05) is 0 Å². The minimum Gasteiger partial charge on any atom is -0.366 e. The van der Waals surface area contributed by atoms with Gasteiger partial charge in [0.15, 0.2) is 0 Å². The molecule has 0 N–H and O–H groups in total. The molecule has 0 amide bonds. The van der Waals surface area contributed by atoms with Crippen LogP contribution in [0.25, 0.3) is 0 Å². The lowest BCUT2D eigenvalue weighted by molar-refractivity contribution is -0.0221. The first kappa shape index (κ1) is 11.4. The molecule has 1 fully saturated rings. The summed E-state index contributed by atoms with van der Waals surface area (Å²) in [6, 6.07) is 10.6. The number of rotatable bonds is 2. The van der Waals surface area contributed by atoms with Gasteiger partial charge in [-0.15, -0.1) is 0 Å². The number of benzene rings is 1. The zero-order valence-electron chi connectivity index (χ0n) is 10.1. The summed E-state index contributed by atoms with van der Waals surface area (Å²) < 4.78 is 6.16. The Morgan fingerprint density at radius 1 is 1.31 bits per heavy atom. The van der Waals surface area contributed by atoms with Crippen molar-refractivity contribution in [1.29, 1.82) is 0 Å². The van der Waals surface area contributed by atoms with Gasteiger partial charge in [-0.1, -0.05) is 43.3 Å². The monoisotopic (exact) mass is 216 g/mol. The molecule has 2 unspecified atom stereocenters. The van der Waals surface area contributed by atoms with Crippen molar-refractivity contribution >= 4 is 0 Å². The van der Waals surface area contributed by atoms with E-state index in [-0.39, 0.29) is 6.10 Å². The molecule has 0 saturated carbocycles. The van der Waals surface area contributed by atoms with E-state index in [4.69, 9.17) is 4.74 Å². The van der Waals surface area contributed by atoms with Gasteiger partial charge in [-0.2, -0.15) is 0 Å². The van der Waals surface area contributed by atoms with Crippen molar-refractivity contribution in [2.45, 2.75) is 45.3 Å². The van der Waals surface area contributed by atoms with Crippen LogP contribution in [0.1, 0.15) is 44.8 Å². The second kappa shape index (κ2) is 5.31. The summed E-state index contributed by atoms with van der Waals surface area (Å²) in [6.07, 6.45) is 6.19. The highest BCUT2D eigenvalue weighted by Crippen LogP contribution is 2.35. The summed E-state index contributed by atoms with van der Waals surface area (Å²) >= 11 is 0. The molecule has 1 nitrogen and oxygen atoms in total. The fourth-order valence-corrected chi connectivity index (χ4v) is 2.41. The maximum atomic E-state index is 6.16. The van der Waals surface area contributed by atoms with Crippen LogP contribution in [0.5, 0.6) is 0 Å². The summed E-state index contributed by atoms with van der Waals surface area (Å²) in [5, 5.41) is 0. The molecule has 0 spiro atoms. The predicted octanol–water partition coefficient (Wildman–Crippen LogP) is 4.26. The topological polar surface area (TPSA) is 9.23 Å². The summed E-state index contributed by atoms with van der Waals surface area (Å²) in [6.45, 7) is 4.31. The quantitative estimate of drug-likeness (QED) is 0.671. The van der Waals surface area contributed by atoms with E-state index >= 15 is 0 Å². The normalized spacial score (nSPS) is 28.2. The third-order valence-electron chi connectivity index (χ3n) is 3.35. The molecule has 1 heteroatoms. The second-order valence-electron chi connectivity index (χ2n) is 4.33. The van der Waals surface area contributed by atoms with Crippen molar-refractivity contribution in [2.24, 2.45) is 0 Å². The lowest BCUT2D eigenvalue weighted by Gasteiger charge is -2.32. The number of hydrogen-bond donors (Lipinski definition) is 0. The summed E-state index contributed by atoms with van der Waals surface area (Å²) in [5.41, 5.74) is 2.78. The Morgan fingerprint density at radius 2 is 2.06 bits per heavy atom. The molecule has 1 aliphatic rings. The van der Waals surface area contributed by atoms with Gasteiger partial charge < -0.3 is 4.74 Å². The molecule has 2 rings (SSSR count). The van der Waals surface area contributed by atoms with Crippen LogP contribution >= 0.6 is 0 Å². The minimum absolute atomic E-state index is 0.287. The molecule has 16 heavy (non-hydrogen) atoms. The van der Waals surface area contributed by atoms with Gasteiger partial charge in [0.25, 0.3) is 0 Å². The van der Waals surface area contributed by atoms with E-state index in [1.54, 1.807) is 0 Å². The van der Waals surface area contributed by atoms with Gasteiger partial charge in [0.1, 0.15) is 0 Å². The molecule has 1 aromatic carbocycles. The van der Waals surface area contributed by atoms with Crippen LogP contribution in [-0.4, -0.2) is 6.10 Å². The van der Waals surface area contributed by atoms with E-state index in [2.05, 4.69) is 50.3 Å². The molecule has 0 radical (unpaired) electrons. The third kappa shape index (κ3) is 2.35. The summed E-state index contributed by atoms with van der Waals surface area (Å²) in [5.74, 6) is 0. The molecular formula is C15H20O. The lowest BCUT2D eigenvalue weighted by atomic mass is 9.93. The van der Waals surface area contributed by atoms with Crippen molar-refractivity contribution in [3.05, 3.63) is 47.5 Å². The van der Waals surface area contributed by atoms with Crippen LogP contribution in [0, 0.1) is 0 Å². The number of allylic oxidation sites excluding steroid dienone is 1. The first-order valence-electron chi connectivity index (χ1n) is 6.20. The van der Waals surface area contributed by atoms with Crippen LogP contribution in [-0.2, 0) is 4.74 Å². The van der Waals surface area contributed by atoms with Crippen molar-refractivity contribution in [1.82, 2.24) is 0 Å². The molecule has 86 valence electrons. The third-order valence-corrected chi connectivity index (χ3v) is 3.35. The van der Waals surface area contributed by atoms with E-state index in [1.807, 2.05) is 0 Å². The van der Waals surface area contributed by atoms with Gasteiger partial charge >= 0.3 is 0 Å². The van der Waals surface area contributed by atoms with Crippen LogP contribution in [0.15, 0.2) is 42.0 Å². The molecule has 1 saturated heterocycles. The van der Waals surface area contributed by atoms with E-state index in [0.29, 0.717) is 6.10 Å². The van der Waals surface area contributed by atoms with E-state index in [9.17, 15) is 0 Å². The van der Waals surface area contributed by atoms with Gasteiger partial charge in [0.2, 0.25) is 0 Å². The molecular weight excluding hydrogens is 196 g/mol. The molecule has 0 bridgehead atoms. The average molecular weight is 216 g/mol. The fraction of sp³-hybridized carbons (Fsp3) is 0.467. The number of ether oxygens (including phenoxy) is 1. The van der Waals surface area contributed by atoms with Crippen LogP contribution in [0.3, 0.4) is 0 Å². The Morgan fingerprint density at radius 3 is 2.69 bits per heavy atom. The Balaban J connectivity index is 2.11. The minimum atomic E-state index is 0.287. The standard InChI is InChI=1S/C15H20O/c1-3-12-10-11-15(16-14(12)4-2)13-8-6-5-7-9-13/h3,5-9,14-15H,4,10-11H2,1-2H3. The van der Waals surface area contributed by atoms with Crippen LogP contribution in [0.4, 0.5) is 0 Å². The van der Waals surface area contributed by atoms with E-state index in [1.165, 1.54) is 17.6 Å². The first-order valence-corrected chi connectivity index (χ1v) is 6.20. The first-order chi connectivity index (χ1) is 7.85. The molecule has 1 aromatic rings. The van der Waals surface area contributed by atoms with Gasteiger partial charge in [0.05, 0.1) is 12.2 Å². The van der Waals surface area contributed by atoms with Gasteiger partial charge in [-0.25, -0.2) is 0 Å². The Labute approximate surface area is 98.1 Å². The SMILES string of the molecule is CC=C1CCC(c2ccccc2)OC1CC. The maximum Gasteiger partial charge on any atom is 0.0836 e. The zero-order chi connectivity index (χ0) is 11.4. The Hall–Kier alpha value is -1.08. The van der Waals surface area contributed by atoms with Crippen LogP contribution in [0.2, 0.25) is 0 Å². The van der Waals surface area contributed by atoms with Gasteiger partial charge in [0, 0.05) is 0 Å². The largest absolute Gasteiger partial charge is 0.366 e. The highest BCUT2D eigenvalue weighted by molar-refractivity contribution is 5.20. The average Bonchev–Trinajstić information content (AvgIpc) is 2.39. The maximum absolute atomic E-state index is 6.16. The predicted molar refractivity (Wildman–Crippen MR) is 67.3 cm³/mol. The van der Waals surface area contributed by atoms with E-state index < -0.39 is 0 Å². The Kier molecular flexibility index (Phi) is 3.79. The van der Waals surface area contributed by atoms with Gasteiger partial charge in [-0.05, 0) is 37.3 Å². The molecule has 0 aromatic heterocycles. The zero-order valence-corrected chi connectivity index (χ0v) is 10.1. The van der Waals surface area contributed by atoms with Crippen LogP contribution < -0.4 is 0 Å². The van der Waals surface area contributed by atoms with E-state index in [0.717, 1.165) is 12.8 Å². The second-order valence-corrected chi connectivity index (χ2v) is 4.33. The molecule has 0 aliphatic carbocycles. The lowest BCUT2D eigenvalue weighted by Crippen LogP contribution is -2.24. The summed E-state index contributed by atoms with van der Waals surface area (Å²) in [4.78, 5) is 0. The highest BCUT2D eigenvalue weighted by Gasteiger charge is 2.25. The number of hydrogen-bond acceptors (Lipinski definition) is 1. The summed E-state index contributed by atoms with van der Waals surface area (Å²) in [7, 11) is 0. The molecule has 1 heterocycles. The van der Waals surface area contributed by atoms with Crippen molar-refractivity contribution in [3.63, 3.8) is 0 Å². The molecule has 1 aliphatic heterocycles. The van der Waals surface area contributed by atoms with Crippen molar-refractivity contribution in [3.8, 4) is 0 Å². The fourth-order valence-electron chi connectivity index (χ4n) is 2.41. The highest BCUT2D eigenvalue weighted by atomic mass is 16.5. The molecule has 2 atom stereocenters. The van der Waals surface area contributed by atoms with Crippen molar-refractivity contribution < 1.29 is 4.74 Å². The smallest absolute Gasteiger partial charge is 0.0836 e. The van der Waals surface area contributed by atoms with Gasteiger partial charge in [-0.3, -0.25) is 0 Å². The Bertz CT molecular complexity index is 353.